The minimum Gasteiger partial charge on any atom is -0.241 e. The summed E-state index contributed by atoms with van der Waals surface area (Å²) in [4.78, 5) is 9.61. The fourth-order valence-electron chi connectivity index (χ4n) is 1.28. The number of rotatable bonds is 1. The summed E-state index contributed by atoms with van der Waals surface area (Å²) in [7, 11) is 0. The van der Waals surface area contributed by atoms with Crippen LogP contribution in [0, 0.1) is 13.8 Å². The molecule has 0 unspecified atom stereocenters. The van der Waals surface area contributed by atoms with E-state index in [2.05, 4.69) is 9.97 Å². The van der Waals surface area contributed by atoms with E-state index in [1.54, 1.807) is 11.3 Å². The van der Waals surface area contributed by atoms with Crippen molar-refractivity contribution in [2.75, 3.05) is 0 Å². The molecule has 72 valence electrons. The van der Waals surface area contributed by atoms with Gasteiger partial charge >= 0.3 is 0 Å². The minimum atomic E-state index is 0.792. The molecule has 0 aliphatic carbocycles. The number of aryl methyl sites for hydroxylation is 2. The van der Waals surface area contributed by atoms with E-state index in [0.29, 0.717) is 0 Å². The standard InChI is InChI=1S/C10H9ClN2S/c1-6-8(5-12-7(2)13-6)9-3-4-10(11)14-9/h3-5H,1-2H3. The fourth-order valence-corrected chi connectivity index (χ4v) is 2.39. The van der Waals surface area contributed by atoms with E-state index in [9.17, 15) is 0 Å². The Hall–Kier alpha value is -0.930. The van der Waals surface area contributed by atoms with Crippen LogP contribution in [0.1, 0.15) is 11.5 Å². The molecule has 0 aliphatic rings. The highest BCUT2D eigenvalue weighted by molar-refractivity contribution is 7.19. The summed E-state index contributed by atoms with van der Waals surface area (Å²) in [6.45, 7) is 3.87. The van der Waals surface area contributed by atoms with Gasteiger partial charge in [0.25, 0.3) is 0 Å². The van der Waals surface area contributed by atoms with Crippen molar-refractivity contribution in [1.82, 2.24) is 9.97 Å². The van der Waals surface area contributed by atoms with Gasteiger partial charge in [-0.1, -0.05) is 11.6 Å². The second-order valence-corrected chi connectivity index (χ2v) is 4.74. The molecule has 0 radical (unpaired) electrons. The van der Waals surface area contributed by atoms with Gasteiger partial charge in [0.05, 0.1) is 4.34 Å². The summed E-state index contributed by atoms with van der Waals surface area (Å²) in [6.07, 6.45) is 1.85. The van der Waals surface area contributed by atoms with Gasteiger partial charge in [-0.25, -0.2) is 9.97 Å². The fraction of sp³-hybridized carbons (Fsp3) is 0.200. The molecule has 0 spiro atoms. The Morgan fingerprint density at radius 2 is 2.07 bits per heavy atom. The van der Waals surface area contributed by atoms with Gasteiger partial charge < -0.3 is 0 Å². The van der Waals surface area contributed by atoms with E-state index >= 15 is 0 Å². The molecule has 0 fully saturated rings. The second kappa shape index (κ2) is 3.67. The zero-order valence-electron chi connectivity index (χ0n) is 7.91. The monoisotopic (exact) mass is 224 g/mol. The smallest absolute Gasteiger partial charge is 0.125 e. The van der Waals surface area contributed by atoms with Gasteiger partial charge in [0.2, 0.25) is 0 Å². The van der Waals surface area contributed by atoms with E-state index in [0.717, 1.165) is 26.3 Å². The number of nitrogens with zero attached hydrogens (tertiary/aromatic N) is 2. The normalized spacial score (nSPS) is 10.5. The Morgan fingerprint density at radius 1 is 1.29 bits per heavy atom. The Balaban J connectivity index is 2.52. The zero-order chi connectivity index (χ0) is 10.1. The predicted octanol–water partition coefficient (Wildman–Crippen LogP) is 3.48. The van der Waals surface area contributed by atoms with E-state index in [1.807, 2.05) is 32.2 Å². The van der Waals surface area contributed by atoms with Crippen molar-refractivity contribution in [3.63, 3.8) is 0 Å². The molecule has 0 atom stereocenters. The van der Waals surface area contributed by atoms with Crippen LogP contribution in [-0.4, -0.2) is 9.97 Å². The molecule has 0 saturated carbocycles. The first-order valence-corrected chi connectivity index (χ1v) is 5.42. The SMILES string of the molecule is Cc1ncc(-c2ccc(Cl)s2)c(C)n1. The molecule has 0 aliphatic heterocycles. The molecule has 0 N–H and O–H groups in total. The maximum Gasteiger partial charge on any atom is 0.125 e. The minimum absolute atomic E-state index is 0.792. The summed E-state index contributed by atoms with van der Waals surface area (Å²) < 4.78 is 0.792. The lowest BCUT2D eigenvalue weighted by Crippen LogP contribution is -1.92. The van der Waals surface area contributed by atoms with Crippen LogP contribution >= 0.6 is 22.9 Å². The lowest BCUT2D eigenvalue weighted by molar-refractivity contribution is 1.02. The molecular formula is C10H9ClN2S. The summed E-state index contributed by atoms with van der Waals surface area (Å²) in [5.41, 5.74) is 2.06. The summed E-state index contributed by atoms with van der Waals surface area (Å²) in [6, 6.07) is 3.88. The average molecular weight is 225 g/mol. The molecule has 2 nitrogen and oxygen atoms in total. The number of hydrogen-bond donors (Lipinski definition) is 0. The predicted molar refractivity (Wildman–Crippen MR) is 59.8 cm³/mol. The lowest BCUT2D eigenvalue weighted by atomic mass is 10.2. The molecule has 0 bridgehead atoms. The first-order valence-electron chi connectivity index (χ1n) is 4.23. The Bertz CT molecular complexity index is 465. The van der Waals surface area contributed by atoms with Crippen molar-refractivity contribution in [2.24, 2.45) is 0 Å². The van der Waals surface area contributed by atoms with Crippen molar-refractivity contribution in [3.8, 4) is 10.4 Å². The van der Waals surface area contributed by atoms with Crippen molar-refractivity contribution < 1.29 is 0 Å². The lowest BCUT2D eigenvalue weighted by Gasteiger charge is -2.01. The van der Waals surface area contributed by atoms with E-state index in [4.69, 9.17) is 11.6 Å². The van der Waals surface area contributed by atoms with Crippen molar-refractivity contribution in [2.45, 2.75) is 13.8 Å². The maximum atomic E-state index is 5.87. The van der Waals surface area contributed by atoms with Crippen LogP contribution in [0.3, 0.4) is 0 Å². The highest BCUT2D eigenvalue weighted by atomic mass is 35.5. The molecule has 4 heteroatoms. The van der Waals surface area contributed by atoms with Crippen LogP contribution in [0.15, 0.2) is 18.3 Å². The second-order valence-electron chi connectivity index (χ2n) is 3.02. The summed E-state index contributed by atoms with van der Waals surface area (Å²) in [5.74, 6) is 0.800. The van der Waals surface area contributed by atoms with Gasteiger partial charge in [-0.3, -0.25) is 0 Å². The molecule has 0 saturated heterocycles. The van der Waals surface area contributed by atoms with Gasteiger partial charge in [-0.05, 0) is 26.0 Å². The number of hydrogen-bond acceptors (Lipinski definition) is 3. The van der Waals surface area contributed by atoms with Crippen LogP contribution in [0.2, 0.25) is 4.34 Å². The third-order valence-electron chi connectivity index (χ3n) is 1.94. The van der Waals surface area contributed by atoms with Crippen LogP contribution in [0.25, 0.3) is 10.4 Å². The van der Waals surface area contributed by atoms with Gasteiger partial charge in [-0.2, -0.15) is 0 Å². The molecule has 2 heterocycles. The molecular weight excluding hydrogens is 216 g/mol. The average Bonchev–Trinajstić information content (AvgIpc) is 2.51. The van der Waals surface area contributed by atoms with Gasteiger partial charge in [0.15, 0.2) is 0 Å². The number of aromatic nitrogens is 2. The zero-order valence-corrected chi connectivity index (χ0v) is 9.49. The highest BCUT2D eigenvalue weighted by Gasteiger charge is 2.06. The summed E-state index contributed by atoms with van der Waals surface area (Å²) >= 11 is 7.42. The maximum absolute atomic E-state index is 5.87. The Kier molecular flexibility index (Phi) is 2.52. The van der Waals surface area contributed by atoms with Crippen molar-refractivity contribution >= 4 is 22.9 Å². The van der Waals surface area contributed by atoms with E-state index < -0.39 is 0 Å². The van der Waals surface area contributed by atoms with E-state index in [1.165, 1.54) is 0 Å². The van der Waals surface area contributed by atoms with Gasteiger partial charge in [0, 0.05) is 22.3 Å². The third kappa shape index (κ3) is 1.79. The quantitative estimate of drug-likeness (QED) is 0.741. The van der Waals surface area contributed by atoms with E-state index in [-0.39, 0.29) is 0 Å². The topological polar surface area (TPSA) is 25.8 Å². The third-order valence-corrected chi connectivity index (χ3v) is 3.20. The molecule has 2 aromatic heterocycles. The first-order chi connectivity index (χ1) is 6.66. The highest BCUT2D eigenvalue weighted by Crippen LogP contribution is 2.31. The Labute approximate surface area is 91.6 Å². The van der Waals surface area contributed by atoms with Crippen molar-refractivity contribution in [1.29, 1.82) is 0 Å². The van der Waals surface area contributed by atoms with Crippen LogP contribution in [0.4, 0.5) is 0 Å². The van der Waals surface area contributed by atoms with Crippen LogP contribution in [-0.2, 0) is 0 Å². The van der Waals surface area contributed by atoms with Gasteiger partial charge in [-0.15, -0.1) is 11.3 Å². The molecule has 2 aromatic rings. The Morgan fingerprint density at radius 3 is 2.64 bits per heavy atom. The van der Waals surface area contributed by atoms with Crippen molar-refractivity contribution in [3.05, 3.63) is 34.2 Å². The largest absolute Gasteiger partial charge is 0.241 e. The molecule has 14 heavy (non-hydrogen) atoms. The molecule has 2 rings (SSSR count). The molecule has 0 aromatic carbocycles. The van der Waals surface area contributed by atoms with Crippen LogP contribution in [0.5, 0.6) is 0 Å². The van der Waals surface area contributed by atoms with Gasteiger partial charge in [0.1, 0.15) is 5.82 Å². The van der Waals surface area contributed by atoms with Crippen LogP contribution < -0.4 is 0 Å². The first kappa shape index (κ1) is 9.62. The number of thiophene rings is 1. The molecule has 0 amide bonds. The summed E-state index contributed by atoms with van der Waals surface area (Å²) in [5, 5.41) is 0. The number of halogens is 1.